The third-order valence-corrected chi connectivity index (χ3v) is 4.92. The molecule has 1 fully saturated rings. The lowest BCUT2D eigenvalue weighted by Gasteiger charge is -2.44. The van der Waals surface area contributed by atoms with E-state index in [4.69, 9.17) is 23.2 Å². The summed E-state index contributed by atoms with van der Waals surface area (Å²) in [6.07, 6.45) is 0. The van der Waals surface area contributed by atoms with Crippen LogP contribution >= 0.6 is 23.2 Å². The van der Waals surface area contributed by atoms with Crippen LogP contribution in [-0.4, -0.2) is 41.0 Å². The average Bonchev–Trinajstić information content (AvgIpc) is 2.40. The van der Waals surface area contributed by atoms with Gasteiger partial charge in [0.05, 0.1) is 10.0 Å². The van der Waals surface area contributed by atoms with Crippen molar-refractivity contribution in [2.75, 3.05) is 25.0 Å². The summed E-state index contributed by atoms with van der Waals surface area (Å²) in [6.45, 7) is 6.76. The van der Waals surface area contributed by atoms with Crippen LogP contribution in [0.3, 0.4) is 0 Å². The Balaban J connectivity index is 1.59. The van der Waals surface area contributed by atoms with Crippen LogP contribution in [0.4, 0.5) is 5.82 Å². The quantitative estimate of drug-likeness (QED) is 0.840. The number of aryl methyl sites for hydroxylation is 2. The van der Waals surface area contributed by atoms with Crippen LogP contribution in [0.15, 0.2) is 24.3 Å². The molecule has 0 saturated carbocycles. The molecule has 23 heavy (non-hydrogen) atoms. The SMILES string of the molecule is Cc1cc(N2CC(N(C)Cc3ccc(Cl)c(Cl)c3)C2)nc(C)n1. The highest BCUT2D eigenvalue weighted by molar-refractivity contribution is 6.42. The van der Waals surface area contributed by atoms with Crippen molar-refractivity contribution in [3.63, 3.8) is 0 Å². The first-order valence-corrected chi connectivity index (χ1v) is 8.39. The number of nitrogens with zero attached hydrogens (tertiary/aromatic N) is 4. The second-order valence-corrected chi connectivity index (χ2v) is 6.95. The van der Waals surface area contributed by atoms with E-state index >= 15 is 0 Å². The van der Waals surface area contributed by atoms with E-state index in [-0.39, 0.29) is 0 Å². The zero-order valence-electron chi connectivity index (χ0n) is 13.6. The van der Waals surface area contributed by atoms with Crippen LogP contribution in [-0.2, 0) is 6.54 Å². The fraction of sp³-hybridized carbons (Fsp3) is 0.412. The van der Waals surface area contributed by atoms with Gasteiger partial charge in [0.1, 0.15) is 11.6 Å². The number of benzene rings is 1. The van der Waals surface area contributed by atoms with Crippen molar-refractivity contribution in [2.24, 2.45) is 0 Å². The number of hydrogen-bond acceptors (Lipinski definition) is 4. The molecule has 0 unspecified atom stereocenters. The second kappa shape index (κ2) is 6.63. The van der Waals surface area contributed by atoms with E-state index in [2.05, 4.69) is 26.8 Å². The zero-order valence-corrected chi connectivity index (χ0v) is 15.1. The van der Waals surface area contributed by atoms with E-state index in [1.165, 1.54) is 5.56 Å². The zero-order chi connectivity index (χ0) is 16.6. The second-order valence-electron chi connectivity index (χ2n) is 6.14. The summed E-state index contributed by atoms with van der Waals surface area (Å²) in [5, 5.41) is 1.21. The van der Waals surface area contributed by atoms with Crippen molar-refractivity contribution in [3.05, 3.63) is 51.4 Å². The monoisotopic (exact) mass is 350 g/mol. The van der Waals surface area contributed by atoms with Crippen molar-refractivity contribution >= 4 is 29.0 Å². The first-order chi connectivity index (χ1) is 10.9. The Kier molecular flexibility index (Phi) is 4.76. The molecule has 0 atom stereocenters. The number of halogens is 2. The molecule has 0 spiro atoms. The predicted octanol–water partition coefficient (Wildman–Crippen LogP) is 3.72. The molecule has 1 aliphatic rings. The van der Waals surface area contributed by atoms with Crippen LogP contribution in [0.1, 0.15) is 17.1 Å². The summed E-state index contributed by atoms with van der Waals surface area (Å²) in [6, 6.07) is 8.38. The van der Waals surface area contributed by atoms with Gasteiger partial charge in [0.25, 0.3) is 0 Å². The van der Waals surface area contributed by atoms with Gasteiger partial charge in [0, 0.05) is 37.4 Å². The molecule has 2 aromatic rings. The van der Waals surface area contributed by atoms with Gasteiger partial charge in [-0.25, -0.2) is 9.97 Å². The van der Waals surface area contributed by atoms with Gasteiger partial charge < -0.3 is 4.90 Å². The van der Waals surface area contributed by atoms with E-state index in [1.54, 1.807) is 0 Å². The van der Waals surface area contributed by atoms with Crippen LogP contribution in [0.25, 0.3) is 0 Å². The molecule has 0 N–H and O–H groups in total. The molecular formula is C17H20Cl2N4. The van der Waals surface area contributed by atoms with Gasteiger partial charge in [-0.05, 0) is 38.6 Å². The summed E-state index contributed by atoms with van der Waals surface area (Å²) >= 11 is 12.1. The van der Waals surface area contributed by atoms with Gasteiger partial charge in [-0.1, -0.05) is 29.3 Å². The van der Waals surface area contributed by atoms with E-state index < -0.39 is 0 Å². The van der Waals surface area contributed by atoms with Crippen molar-refractivity contribution in [1.82, 2.24) is 14.9 Å². The third kappa shape index (κ3) is 3.77. The van der Waals surface area contributed by atoms with E-state index in [0.29, 0.717) is 16.1 Å². The summed E-state index contributed by atoms with van der Waals surface area (Å²) in [5.74, 6) is 1.85. The Morgan fingerprint density at radius 2 is 1.87 bits per heavy atom. The van der Waals surface area contributed by atoms with Crippen molar-refractivity contribution in [2.45, 2.75) is 26.4 Å². The number of rotatable bonds is 4. The molecule has 0 aliphatic carbocycles. The number of likely N-dealkylation sites (N-methyl/N-ethyl adjacent to an activating group) is 1. The largest absolute Gasteiger partial charge is 0.353 e. The van der Waals surface area contributed by atoms with Gasteiger partial charge in [0.2, 0.25) is 0 Å². The summed E-state index contributed by atoms with van der Waals surface area (Å²) < 4.78 is 0. The summed E-state index contributed by atoms with van der Waals surface area (Å²) in [5.41, 5.74) is 2.19. The molecule has 0 amide bonds. The highest BCUT2D eigenvalue weighted by atomic mass is 35.5. The van der Waals surface area contributed by atoms with Crippen LogP contribution < -0.4 is 4.90 Å². The van der Waals surface area contributed by atoms with Crippen LogP contribution in [0.5, 0.6) is 0 Å². The molecule has 1 aromatic carbocycles. The highest BCUT2D eigenvalue weighted by Gasteiger charge is 2.31. The number of aromatic nitrogens is 2. The maximum Gasteiger partial charge on any atom is 0.132 e. The topological polar surface area (TPSA) is 32.3 Å². The molecule has 0 bridgehead atoms. The van der Waals surface area contributed by atoms with Gasteiger partial charge in [-0.15, -0.1) is 0 Å². The molecule has 4 nitrogen and oxygen atoms in total. The molecule has 122 valence electrons. The fourth-order valence-electron chi connectivity index (χ4n) is 2.84. The molecule has 0 radical (unpaired) electrons. The third-order valence-electron chi connectivity index (χ3n) is 4.18. The van der Waals surface area contributed by atoms with Gasteiger partial charge >= 0.3 is 0 Å². The van der Waals surface area contributed by atoms with E-state index in [1.807, 2.05) is 38.1 Å². The van der Waals surface area contributed by atoms with Gasteiger partial charge in [-0.3, -0.25) is 4.90 Å². The minimum Gasteiger partial charge on any atom is -0.353 e. The predicted molar refractivity (Wildman–Crippen MR) is 95.4 cm³/mol. The Morgan fingerprint density at radius 1 is 1.13 bits per heavy atom. The smallest absolute Gasteiger partial charge is 0.132 e. The van der Waals surface area contributed by atoms with Crippen LogP contribution in [0, 0.1) is 13.8 Å². The molecule has 2 heterocycles. The minimum atomic E-state index is 0.514. The highest BCUT2D eigenvalue weighted by Crippen LogP contribution is 2.25. The average molecular weight is 351 g/mol. The minimum absolute atomic E-state index is 0.514. The summed E-state index contributed by atoms with van der Waals surface area (Å²) in [7, 11) is 2.14. The molecule has 6 heteroatoms. The first-order valence-electron chi connectivity index (χ1n) is 7.64. The van der Waals surface area contributed by atoms with Crippen molar-refractivity contribution < 1.29 is 0 Å². The van der Waals surface area contributed by atoms with E-state index in [0.717, 1.165) is 37.0 Å². The maximum atomic E-state index is 6.08. The van der Waals surface area contributed by atoms with Crippen LogP contribution in [0.2, 0.25) is 10.0 Å². The lowest BCUT2D eigenvalue weighted by molar-refractivity contribution is 0.196. The standard InChI is InChI=1S/C17H20Cl2N4/c1-11-6-17(21-12(2)20-11)23-9-14(10-23)22(3)8-13-4-5-15(18)16(19)7-13/h4-7,14H,8-10H2,1-3H3. The van der Waals surface area contributed by atoms with Gasteiger partial charge in [-0.2, -0.15) is 0 Å². The molecule has 3 rings (SSSR count). The van der Waals surface area contributed by atoms with Crippen molar-refractivity contribution in [3.8, 4) is 0 Å². The molecular weight excluding hydrogens is 331 g/mol. The van der Waals surface area contributed by atoms with Gasteiger partial charge in [0.15, 0.2) is 0 Å². The first kappa shape index (κ1) is 16.5. The summed E-state index contributed by atoms with van der Waals surface area (Å²) in [4.78, 5) is 13.5. The molecule has 1 aliphatic heterocycles. The number of hydrogen-bond donors (Lipinski definition) is 0. The lowest BCUT2D eigenvalue weighted by Crippen LogP contribution is -2.58. The Bertz CT molecular complexity index is 693. The fourth-order valence-corrected chi connectivity index (χ4v) is 3.16. The Labute approximate surface area is 147 Å². The van der Waals surface area contributed by atoms with Crippen molar-refractivity contribution in [1.29, 1.82) is 0 Å². The Hall–Kier alpha value is -1.36. The molecule has 1 saturated heterocycles. The Morgan fingerprint density at radius 3 is 2.52 bits per heavy atom. The maximum absolute atomic E-state index is 6.08. The van der Waals surface area contributed by atoms with E-state index in [9.17, 15) is 0 Å². The number of anilines is 1. The lowest BCUT2D eigenvalue weighted by atomic mass is 10.1. The normalized spacial score (nSPS) is 15.1. The molecule has 1 aromatic heterocycles.